The summed E-state index contributed by atoms with van der Waals surface area (Å²) in [7, 11) is 0. The van der Waals surface area contributed by atoms with Gasteiger partial charge in [0.05, 0.1) is 12.3 Å². The standard InChI is InChI=1S/C24H27NO5/c1-3-29-23(27)15-14-21(16-19-10-6-4-7-11-19)24(28)22(25-30-18(2)26)17-20-12-8-5-9-13-20/h4-15,21,24,28H,3,16-17H2,1-2H3/b15-14+,25-22-/t21-,24+/m0/s1. The Morgan fingerprint density at radius 1 is 1.03 bits per heavy atom. The van der Waals surface area contributed by atoms with Crippen LogP contribution in [0, 0.1) is 5.92 Å². The van der Waals surface area contributed by atoms with E-state index in [1.165, 1.54) is 13.0 Å². The van der Waals surface area contributed by atoms with Gasteiger partial charge in [-0.3, -0.25) is 0 Å². The van der Waals surface area contributed by atoms with Crippen molar-refractivity contribution in [3.05, 3.63) is 83.9 Å². The fourth-order valence-corrected chi connectivity index (χ4v) is 2.93. The summed E-state index contributed by atoms with van der Waals surface area (Å²) in [6.45, 7) is 3.24. The van der Waals surface area contributed by atoms with Crippen LogP contribution in [0.25, 0.3) is 0 Å². The van der Waals surface area contributed by atoms with Gasteiger partial charge in [0.15, 0.2) is 0 Å². The van der Waals surface area contributed by atoms with Crippen molar-refractivity contribution in [2.45, 2.75) is 32.8 Å². The number of rotatable bonds is 10. The van der Waals surface area contributed by atoms with E-state index in [2.05, 4.69) is 5.16 Å². The van der Waals surface area contributed by atoms with E-state index < -0.39 is 24.0 Å². The Kier molecular flexibility index (Phi) is 9.48. The third-order valence-electron chi connectivity index (χ3n) is 4.35. The predicted molar refractivity (Wildman–Crippen MR) is 115 cm³/mol. The van der Waals surface area contributed by atoms with Crippen molar-refractivity contribution in [3.8, 4) is 0 Å². The van der Waals surface area contributed by atoms with E-state index in [0.717, 1.165) is 11.1 Å². The highest BCUT2D eigenvalue weighted by molar-refractivity contribution is 5.91. The molecule has 2 rings (SSSR count). The second-order valence-electron chi connectivity index (χ2n) is 6.74. The smallest absolute Gasteiger partial charge is 0.331 e. The van der Waals surface area contributed by atoms with Crippen LogP contribution in [-0.2, 0) is 32.0 Å². The maximum absolute atomic E-state index is 11.8. The van der Waals surface area contributed by atoms with E-state index in [-0.39, 0.29) is 6.61 Å². The first kappa shape index (κ1) is 23.0. The number of benzene rings is 2. The number of hydrogen-bond donors (Lipinski definition) is 1. The zero-order valence-corrected chi connectivity index (χ0v) is 17.2. The Morgan fingerprint density at radius 3 is 2.20 bits per heavy atom. The lowest BCUT2D eigenvalue weighted by Crippen LogP contribution is -2.32. The molecule has 0 amide bonds. The monoisotopic (exact) mass is 409 g/mol. The highest BCUT2D eigenvalue weighted by atomic mass is 16.7. The summed E-state index contributed by atoms with van der Waals surface area (Å²) in [5, 5.41) is 15.0. The summed E-state index contributed by atoms with van der Waals surface area (Å²) >= 11 is 0. The van der Waals surface area contributed by atoms with Crippen molar-refractivity contribution in [2.24, 2.45) is 11.1 Å². The first-order valence-electron chi connectivity index (χ1n) is 9.84. The van der Waals surface area contributed by atoms with Gasteiger partial charge < -0.3 is 14.7 Å². The van der Waals surface area contributed by atoms with Gasteiger partial charge in [-0.25, -0.2) is 9.59 Å². The van der Waals surface area contributed by atoms with Gasteiger partial charge in [-0.2, -0.15) is 0 Å². The summed E-state index contributed by atoms with van der Waals surface area (Å²) in [5.41, 5.74) is 2.20. The maximum atomic E-state index is 11.8. The van der Waals surface area contributed by atoms with Gasteiger partial charge in [-0.1, -0.05) is 71.9 Å². The molecule has 6 nitrogen and oxygen atoms in total. The molecule has 158 valence electrons. The average Bonchev–Trinajstić information content (AvgIpc) is 2.75. The fraction of sp³-hybridized carbons (Fsp3) is 0.292. The third-order valence-corrected chi connectivity index (χ3v) is 4.35. The summed E-state index contributed by atoms with van der Waals surface area (Å²) in [6, 6.07) is 19.1. The number of nitrogens with zero attached hydrogens (tertiary/aromatic N) is 1. The topological polar surface area (TPSA) is 85.2 Å². The van der Waals surface area contributed by atoms with E-state index in [4.69, 9.17) is 9.57 Å². The minimum absolute atomic E-state index is 0.266. The molecule has 2 aromatic carbocycles. The molecule has 2 atom stereocenters. The molecule has 0 aliphatic rings. The number of ether oxygens (including phenoxy) is 1. The molecule has 1 N–H and O–H groups in total. The van der Waals surface area contributed by atoms with Gasteiger partial charge in [-0.05, 0) is 24.5 Å². The highest BCUT2D eigenvalue weighted by Crippen LogP contribution is 2.18. The maximum Gasteiger partial charge on any atom is 0.331 e. The molecule has 30 heavy (non-hydrogen) atoms. The van der Waals surface area contributed by atoms with Gasteiger partial charge in [-0.15, -0.1) is 0 Å². The summed E-state index contributed by atoms with van der Waals surface area (Å²) in [4.78, 5) is 27.9. The van der Waals surface area contributed by atoms with Crippen LogP contribution < -0.4 is 0 Å². The first-order valence-corrected chi connectivity index (χ1v) is 9.84. The molecule has 0 unspecified atom stereocenters. The molecule has 0 saturated heterocycles. The number of aliphatic hydroxyl groups is 1. The molecule has 0 aliphatic heterocycles. The predicted octanol–water partition coefficient (Wildman–Crippen LogP) is 3.49. The molecule has 0 aliphatic carbocycles. The van der Waals surface area contributed by atoms with Gasteiger partial charge in [0.1, 0.15) is 6.10 Å². The Bertz CT molecular complexity index is 862. The summed E-state index contributed by atoms with van der Waals surface area (Å²) in [5.74, 6) is -1.53. The number of hydrogen-bond acceptors (Lipinski definition) is 6. The number of oxime groups is 1. The molecule has 0 aromatic heterocycles. The Labute approximate surface area is 176 Å². The van der Waals surface area contributed by atoms with Crippen molar-refractivity contribution < 1.29 is 24.3 Å². The average molecular weight is 409 g/mol. The Balaban J connectivity index is 2.31. The molecule has 0 saturated carbocycles. The van der Waals surface area contributed by atoms with Gasteiger partial charge >= 0.3 is 11.9 Å². The molecule has 0 radical (unpaired) electrons. The molecule has 2 aromatic rings. The van der Waals surface area contributed by atoms with Crippen molar-refractivity contribution in [3.63, 3.8) is 0 Å². The normalized spacial score (nSPS) is 13.6. The van der Waals surface area contributed by atoms with Crippen LogP contribution in [0.2, 0.25) is 0 Å². The number of aliphatic hydroxyl groups excluding tert-OH is 1. The molecular weight excluding hydrogens is 382 g/mol. The lowest BCUT2D eigenvalue weighted by molar-refractivity contribution is -0.141. The molecule has 0 heterocycles. The zero-order chi connectivity index (χ0) is 21.8. The van der Waals surface area contributed by atoms with Crippen LogP contribution in [0.3, 0.4) is 0 Å². The second-order valence-corrected chi connectivity index (χ2v) is 6.74. The van der Waals surface area contributed by atoms with Crippen molar-refractivity contribution >= 4 is 17.7 Å². The van der Waals surface area contributed by atoms with Crippen LogP contribution >= 0.6 is 0 Å². The molecular formula is C24H27NO5. The van der Waals surface area contributed by atoms with E-state index >= 15 is 0 Å². The van der Waals surface area contributed by atoms with Crippen molar-refractivity contribution in [2.75, 3.05) is 6.61 Å². The molecule has 6 heteroatoms. The summed E-state index contributed by atoms with van der Waals surface area (Å²) < 4.78 is 4.95. The van der Waals surface area contributed by atoms with E-state index in [1.54, 1.807) is 13.0 Å². The number of carbonyl (C=O) groups is 2. The number of esters is 1. The van der Waals surface area contributed by atoms with Crippen molar-refractivity contribution in [1.82, 2.24) is 0 Å². The van der Waals surface area contributed by atoms with Gasteiger partial charge in [0.2, 0.25) is 0 Å². The number of carbonyl (C=O) groups excluding carboxylic acids is 2. The largest absolute Gasteiger partial charge is 0.463 e. The second kappa shape index (κ2) is 12.3. The lowest BCUT2D eigenvalue weighted by atomic mass is 9.89. The SMILES string of the molecule is CCOC(=O)/C=C/[C@@H](Cc1ccccc1)[C@@H](O)/C(Cc1ccccc1)=N\OC(C)=O. The Hall–Kier alpha value is -3.25. The zero-order valence-electron chi connectivity index (χ0n) is 17.2. The minimum Gasteiger partial charge on any atom is -0.463 e. The van der Waals surface area contributed by atoms with Crippen LogP contribution in [-0.4, -0.2) is 35.5 Å². The third kappa shape index (κ3) is 8.01. The molecule has 0 bridgehead atoms. The first-order chi connectivity index (χ1) is 14.5. The Morgan fingerprint density at radius 2 is 1.63 bits per heavy atom. The molecule has 0 spiro atoms. The minimum atomic E-state index is -1.07. The van der Waals surface area contributed by atoms with Crippen LogP contribution in [0.1, 0.15) is 25.0 Å². The van der Waals surface area contributed by atoms with E-state index in [9.17, 15) is 14.7 Å². The highest BCUT2D eigenvalue weighted by Gasteiger charge is 2.24. The van der Waals surface area contributed by atoms with E-state index in [0.29, 0.717) is 18.6 Å². The fourth-order valence-electron chi connectivity index (χ4n) is 2.93. The summed E-state index contributed by atoms with van der Waals surface area (Å²) in [6.07, 6.45) is 2.62. The van der Waals surface area contributed by atoms with Crippen LogP contribution in [0.5, 0.6) is 0 Å². The van der Waals surface area contributed by atoms with Crippen LogP contribution in [0.4, 0.5) is 0 Å². The van der Waals surface area contributed by atoms with Crippen molar-refractivity contribution in [1.29, 1.82) is 0 Å². The molecule has 0 fully saturated rings. The quantitative estimate of drug-likeness (QED) is 0.213. The van der Waals surface area contributed by atoms with Crippen LogP contribution in [0.15, 0.2) is 78.0 Å². The van der Waals surface area contributed by atoms with E-state index in [1.807, 2.05) is 60.7 Å². The lowest BCUT2D eigenvalue weighted by Gasteiger charge is -2.21. The van der Waals surface area contributed by atoms with Gasteiger partial charge in [0.25, 0.3) is 0 Å². The van der Waals surface area contributed by atoms with Gasteiger partial charge in [0, 0.05) is 25.3 Å².